The Morgan fingerprint density at radius 2 is 2.00 bits per heavy atom. The van der Waals surface area contributed by atoms with Crippen LogP contribution < -0.4 is 5.32 Å². The van der Waals surface area contributed by atoms with Crippen LogP contribution in [-0.4, -0.2) is 32.7 Å². The van der Waals surface area contributed by atoms with Crippen LogP contribution in [0.4, 0.5) is 4.79 Å². The number of amides is 1. The number of nitrogens with one attached hydrogen (secondary N) is 1. The summed E-state index contributed by atoms with van der Waals surface area (Å²) in [5.74, 6) is 0. The van der Waals surface area contributed by atoms with Crippen molar-refractivity contribution in [1.29, 1.82) is 0 Å². The normalized spacial score (nSPS) is 33.2. The lowest BCUT2D eigenvalue weighted by Crippen LogP contribution is -2.46. The highest BCUT2D eigenvalue weighted by Gasteiger charge is 2.49. The third-order valence-corrected chi connectivity index (χ3v) is 8.83. The van der Waals surface area contributed by atoms with Gasteiger partial charge in [-0.3, -0.25) is 0 Å². The van der Waals surface area contributed by atoms with Gasteiger partial charge in [-0.1, -0.05) is 20.8 Å². The molecule has 5 heteroatoms. The van der Waals surface area contributed by atoms with E-state index in [9.17, 15) is 4.79 Å². The number of ether oxygens (including phenoxy) is 1. The predicted octanol–water partition coefficient (Wildman–Crippen LogP) is 2.65. The summed E-state index contributed by atoms with van der Waals surface area (Å²) in [5.41, 5.74) is 0. The van der Waals surface area contributed by atoms with Crippen molar-refractivity contribution < 1.29 is 14.0 Å². The summed E-state index contributed by atoms with van der Waals surface area (Å²) >= 11 is 0. The Kier molecular flexibility index (Phi) is 3.02. The van der Waals surface area contributed by atoms with Crippen LogP contribution in [0.2, 0.25) is 18.1 Å². The molecule has 1 aliphatic heterocycles. The van der Waals surface area contributed by atoms with Gasteiger partial charge in [-0.15, -0.1) is 0 Å². The molecule has 0 bridgehead atoms. The van der Waals surface area contributed by atoms with Crippen molar-refractivity contribution in [1.82, 2.24) is 5.32 Å². The lowest BCUT2D eigenvalue weighted by atomic mass is 10.2. The second-order valence-electron chi connectivity index (χ2n) is 6.61. The fourth-order valence-corrected chi connectivity index (χ4v) is 3.60. The fourth-order valence-electron chi connectivity index (χ4n) is 2.23. The Bertz CT molecular complexity index is 324. The van der Waals surface area contributed by atoms with Crippen LogP contribution in [0.5, 0.6) is 0 Å². The van der Waals surface area contributed by atoms with E-state index in [1.165, 1.54) is 0 Å². The van der Waals surface area contributed by atoms with Gasteiger partial charge in [0, 0.05) is 0 Å². The second-order valence-corrected chi connectivity index (χ2v) is 11.4. The maximum absolute atomic E-state index is 11.2. The minimum absolute atomic E-state index is 0.0726. The van der Waals surface area contributed by atoms with Crippen molar-refractivity contribution in [3.05, 3.63) is 0 Å². The summed E-state index contributed by atoms with van der Waals surface area (Å²) in [7, 11) is -1.77. The van der Waals surface area contributed by atoms with Gasteiger partial charge in [-0.05, 0) is 31.0 Å². The SMILES string of the molecule is CC(C)(C)[Si](C)(C)OC1CCC2NC(=O)OC21. The van der Waals surface area contributed by atoms with Gasteiger partial charge in [0.2, 0.25) is 0 Å². The Balaban J connectivity index is 2.03. The van der Waals surface area contributed by atoms with E-state index < -0.39 is 8.32 Å². The summed E-state index contributed by atoms with van der Waals surface area (Å²) in [6.45, 7) is 11.2. The zero-order valence-electron chi connectivity index (χ0n) is 11.4. The van der Waals surface area contributed by atoms with E-state index in [-0.39, 0.29) is 29.4 Å². The molecule has 2 fully saturated rings. The quantitative estimate of drug-likeness (QED) is 0.774. The van der Waals surface area contributed by atoms with Crippen LogP contribution in [0.1, 0.15) is 33.6 Å². The first-order chi connectivity index (χ1) is 7.71. The van der Waals surface area contributed by atoms with E-state index in [4.69, 9.17) is 9.16 Å². The highest BCUT2D eigenvalue weighted by atomic mass is 28.4. The smallest absolute Gasteiger partial charge is 0.407 e. The Morgan fingerprint density at radius 1 is 1.35 bits per heavy atom. The summed E-state index contributed by atoms with van der Waals surface area (Å²) in [6.07, 6.45) is 1.68. The van der Waals surface area contributed by atoms with Gasteiger partial charge < -0.3 is 14.5 Å². The largest absolute Gasteiger partial charge is 0.441 e. The lowest BCUT2D eigenvalue weighted by Gasteiger charge is -2.39. The number of carbonyl (C=O) groups is 1. The van der Waals surface area contributed by atoms with Crippen molar-refractivity contribution in [3.63, 3.8) is 0 Å². The molecule has 1 amide bonds. The van der Waals surface area contributed by atoms with Gasteiger partial charge in [0.05, 0.1) is 12.1 Å². The molecular weight excluding hydrogens is 234 g/mol. The predicted molar refractivity (Wildman–Crippen MR) is 68.5 cm³/mol. The van der Waals surface area contributed by atoms with Gasteiger partial charge >= 0.3 is 6.09 Å². The molecule has 98 valence electrons. The van der Waals surface area contributed by atoms with Crippen LogP contribution in [0.25, 0.3) is 0 Å². The van der Waals surface area contributed by atoms with Gasteiger partial charge in [0.1, 0.15) is 6.10 Å². The van der Waals surface area contributed by atoms with Gasteiger partial charge in [0.25, 0.3) is 0 Å². The molecule has 1 N–H and O–H groups in total. The molecule has 1 saturated carbocycles. The number of alkyl carbamates (subject to hydrolysis) is 1. The first-order valence-corrected chi connectivity index (χ1v) is 9.26. The fraction of sp³-hybridized carbons (Fsp3) is 0.917. The van der Waals surface area contributed by atoms with E-state index in [1.807, 2.05) is 0 Å². The monoisotopic (exact) mass is 257 g/mol. The van der Waals surface area contributed by atoms with Crippen LogP contribution in [0, 0.1) is 0 Å². The average Bonchev–Trinajstić information content (AvgIpc) is 2.65. The standard InChI is InChI=1S/C12H23NO3Si/c1-12(2,3)17(4,5)16-9-7-6-8-10(9)15-11(14)13-8/h8-10H,6-7H2,1-5H3,(H,13,14). The Hall–Kier alpha value is -0.553. The molecule has 1 saturated heterocycles. The lowest BCUT2D eigenvalue weighted by molar-refractivity contribution is 0.0495. The van der Waals surface area contributed by atoms with Gasteiger partial charge in [-0.25, -0.2) is 4.79 Å². The summed E-state index contributed by atoms with van der Waals surface area (Å²) in [4.78, 5) is 11.2. The van der Waals surface area contributed by atoms with E-state index in [1.54, 1.807) is 0 Å². The first kappa shape index (κ1) is 12.9. The van der Waals surface area contributed by atoms with Crippen LogP contribution in [0.15, 0.2) is 0 Å². The summed E-state index contributed by atoms with van der Waals surface area (Å²) in [6, 6.07) is 0.164. The average molecular weight is 257 g/mol. The van der Waals surface area contributed by atoms with E-state index in [2.05, 4.69) is 39.2 Å². The van der Waals surface area contributed by atoms with Crippen LogP contribution in [-0.2, 0) is 9.16 Å². The van der Waals surface area contributed by atoms with Gasteiger partial charge in [-0.2, -0.15) is 0 Å². The van der Waals surface area contributed by atoms with Crippen molar-refractivity contribution in [2.24, 2.45) is 0 Å². The van der Waals surface area contributed by atoms with Crippen LogP contribution in [0.3, 0.4) is 0 Å². The third-order valence-electron chi connectivity index (χ3n) is 4.32. The molecule has 0 radical (unpaired) electrons. The molecule has 3 unspecified atom stereocenters. The molecule has 0 aromatic heterocycles. The zero-order valence-corrected chi connectivity index (χ0v) is 12.4. The molecule has 4 nitrogen and oxygen atoms in total. The maximum Gasteiger partial charge on any atom is 0.407 e. The molecule has 17 heavy (non-hydrogen) atoms. The minimum atomic E-state index is -1.77. The van der Waals surface area contributed by atoms with Crippen molar-refractivity contribution in [2.45, 2.75) is 70.0 Å². The molecule has 3 atom stereocenters. The molecule has 2 aliphatic rings. The number of hydrogen-bond acceptors (Lipinski definition) is 3. The van der Waals surface area contributed by atoms with E-state index in [0.29, 0.717) is 0 Å². The van der Waals surface area contributed by atoms with Crippen molar-refractivity contribution >= 4 is 14.4 Å². The molecular formula is C12H23NO3Si. The molecule has 2 rings (SSSR count). The molecule has 1 heterocycles. The highest BCUT2D eigenvalue weighted by molar-refractivity contribution is 6.74. The number of fused-ring (bicyclic) bond motifs is 1. The number of rotatable bonds is 2. The third kappa shape index (κ3) is 2.35. The molecule has 0 spiro atoms. The number of carbonyl (C=O) groups excluding carboxylic acids is 1. The van der Waals surface area contributed by atoms with E-state index in [0.717, 1.165) is 12.8 Å². The van der Waals surface area contributed by atoms with Gasteiger partial charge in [0.15, 0.2) is 8.32 Å². The Labute approximate surface area is 104 Å². The maximum atomic E-state index is 11.2. The molecule has 0 aromatic rings. The zero-order chi connectivity index (χ0) is 12.8. The summed E-state index contributed by atoms with van der Waals surface area (Å²) in [5, 5.41) is 3.04. The van der Waals surface area contributed by atoms with Crippen LogP contribution >= 0.6 is 0 Å². The second kappa shape index (κ2) is 3.98. The topological polar surface area (TPSA) is 47.6 Å². The number of hydrogen-bond donors (Lipinski definition) is 1. The Morgan fingerprint density at radius 3 is 2.59 bits per heavy atom. The van der Waals surface area contributed by atoms with Crippen molar-refractivity contribution in [3.8, 4) is 0 Å². The van der Waals surface area contributed by atoms with E-state index >= 15 is 0 Å². The minimum Gasteiger partial charge on any atom is -0.441 e. The molecule has 0 aromatic carbocycles. The highest BCUT2D eigenvalue weighted by Crippen LogP contribution is 2.40. The van der Waals surface area contributed by atoms with Crippen molar-refractivity contribution in [2.75, 3.05) is 0 Å². The summed E-state index contributed by atoms with van der Waals surface area (Å²) < 4.78 is 11.7. The molecule has 1 aliphatic carbocycles. The first-order valence-electron chi connectivity index (χ1n) is 6.36.